The molecule has 1 aliphatic carbocycles. The molecule has 76 valence electrons. The standard InChI is InChI=1S/C13H24/c1-10(2)13-7-5-6-11(3)12(4)8-9-13/h10,13H,5-9H2,1-4H3. The number of allylic oxidation sites excluding steroid dienone is 2. The molecule has 0 saturated carbocycles. The Labute approximate surface area is 83.4 Å². The normalized spacial score (nSPS) is 26.1. The number of hydrogen-bond donors (Lipinski definition) is 0. The van der Waals surface area contributed by atoms with E-state index in [4.69, 9.17) is 0 Å². The van der Waals surface area contributed by atoms with E-state index in [9.17, 15) is 0 Å². The Morgan fingerprint density at radius 3 is 2.23 bits per heavy atom. The van der Waals surface area contributed by atoms with Crippen LogP contribution in [0.4, 0.5) is 0 Å². The molecule has 1 unspecified atom stereocenters. The van der Waals surface area contributed by atoms with Crippen LogP contribution < -0.4 is 0 Å². The average Bonchev–Trinajstić information content (AvgIpc) is 2.06. The first kappa shape index (κ1) is 10.8. The minimum Gasteiger partial charge on any atom is -0.0744 e. The first-order valence-corrected chi connectivity index (χ1v) is 5.76. The molecule has 0 radical (unpaired) electrons. The third-order valence-electron chi connectivity index (χ3n) is 3.69. The van der Waals surface area contributed by atoms with Crippen molar-refractivity contribution in [2.45, 2.75) is 59.8 Å². The molecular formula is C13H24. The van der Waals surface area contributed by atoms with E-state index >= 15 is 0 Å². The summed E-state index contributed by atoms with van der Waals surface area (Å²) in [5.41, 5.74) is 3.31. The molecule has 0 fully saturated rings. The molecule has 0 aromatic heterocycles. The van der Waals surface area contributed by atoms with Gasteiger partial charge in [-0.15, -0.1) is 0 Å². The predicted octanol–water partition coefficient (Wildman–Crippen LogP) is 4.56. The fourth-order valence-corrected chi connectivity index (χ4v) is 2.27. The zero-order chi connectivity index (χ0) is 9.84. The van der Waals surface area contributed by atoms with Crippen LogP contribution in [0.3, 0.4) is 0 Å². The van der Waals surface area contributed by atoms with Gasteiger partial charge in [-0.1, -0.05) is 25.0 Å². The topological polar surface area (TPSA) is 0 Å². The van der Waals surface area contributed by atoms with Crippen molar-refractivity contribution >= 4 is 0 Å². The molecule has 0 nitrogen and oxygen atoms in total. The zero-order valence-electron chi connectivity index (χ0n) is 9.69. The van der Waals surface area contributed by atoms with Gasteiger partial charge in [-0.05, 0) is 57.8 Å². The summed E-state index contributed by atoms with van der Waals surface area (Å²) in [7, 11) is 0. The van der Waals surface area contributed by atoms with Gasteiger partial charge in [-0.2, -0.15) is 0 Å². The van der Waals surface area contributed by atoms with Crippen LogP contribution in [-0.2, 0) is 0 Å². The highest BCUT2D eigenvalue weighted by atomic mass is 14.2. The maximum atomic E-state index is 2.37. The van der Waals surface area contributed by atoms with Crippen molar-refractivity contribution in [2.75, 3.05) is 0 Å². The van der Waals surface area contributed by atoms with E-state index in [2.05, 4.69) is 27.7 Å². The van der Waals surface area contributed by atoms with E-state index in [1.165, 1.54) is 32.1 Å². The van der Waals surface area contributed by atoms with Crippen LogP contribution in [0.15, 0.2) is 11.1 Å². The van der Waals surface area contributed by atoms with E-state index < -0.39 is 0 Å². The van der Waals surface area contributed by atoms with Gasteiger partial charge in [0, 0.05) is 0 Å². The van der Waals surface area contributed by atoms with E-state index in [1.54, 1.807) is 11.1 Å². The van der Waals surface area contributed by atoms with Crippen LogP contribution in [0.5, 0.6) is 0 Å². The SMILES string of the molecule is CC1=C(C)CCC(C(C)C)CCC1. The Kier molecular flexibility index (Phi) is 4.02. The molecule has 0 amide bonds. The van der Waals surface area contributed by atoms with E-state index in [0.717, 1.165) is 11.8 Å². The third-order valence-corrected chi connectivity index (χ3v) is 3.69. The molecule has 0 aromatic carbocycles. The van der Waals surface area contributed by atoms with Crippen molar-refractivity contribution in [1.82, 2.24) is 0 Å². The summed E-state index contributed by atoms with van der Waals surface area (Å²) in [5.74, 6) is 1.86. The summed E-state index contributed by atoms with van der Waals surface area (Å²) in [6.45, 7) is 9.37. The predicted molar refractivity (Wildman–Crippen MR) is 59.8 cm³/mol. The number of hydrogen-bond acceptors (Lipinski definition) is 0. The van der Waals surface area contributed by atoms with Crippen LogP contribution in [0, 0.1) is 11.8 Å². The Bertz CT molecular complexity index is 186. The highest BCUT2D eigenvalue weighted by molar-refractivity contribution is 5.10. The van der Waals surface area contributed by atoms with Gasteiger partial charge in [-0.3, -0.25) is 0 Å². The lowest BCUT2D eigenvalue weighted by Gasteiger charge is -2.24. The van der Waals surface area contributed by atoms with E-state index in [0.29, 0.717) is 0 Å². The molecule has 1 aliphatic rings. The van der Waals surface area contributed by atoms with Gasteiger partial charge in [0.15, 0.2) is 0 Å². The van der Waals surface area contributed by atoms with Gasteiger partial charge in [-0.25, -0.2) is 0 Å². The molecule has 0 bridgehead atoms. The monoisotopic (exact) mass is 180 g/mol. The Balaban J connectivity index is 2.55. The minimum absolute atomic E-state index is 0.881. The van der Waals surface area contributed by atoms with Gasteiger partial charge < -0.3 is 0 Å². The fraction of sp³-hybridized carbons (Fsp3) is 0.846. The average molecular weight is 180 g/mol. The highest BCUT2D eigenvalue weighted by Gasteiger charge is 2.15. The second-order valence-electron chi connectivity index (χ2n) is 5.00. The summed E-state index contributed by atoms with van der Waals surface area (Å²) in [6.07, 6.45) is 6.96. The second kappa shape index (κ2) is 4.83. The quantitative estimate of drug-likeness (QED) is 0.519. The molecule has 0 aromatic rings. The van der Waals surface area contributed by atoms with Gasteiger partial charge in [0.05, 0.1) is 0 Å². The molecule has 0 heterocycles. The number of rotatable bonds is 1. The van der Waals surface area contributed by atoms with Crippen LogP contribution in [0.2, 0.25) is 0 Å². The lowest BCUT2D eigenvalue weighted by molar-refractivity contribution is 0.323. The van der Waals surface area contributed by atoms with Crippen LogP contribution in [0.25, 0.3) is 0 Å². The Morgan fingerprint density at radius 1 is 1.00 bits per heavy atom. The smallest absolute Gasteiger partial charge is 0.0318 e. The zero-order valence-corrected chi connectivity index (χ0v) is 9.69. The lowest BCUT2D eigenvalue weighted by Crippen LogP contribution is -2.11. The largest absolute Gasteiger partial charge is 0.0744 e. The van der Waals surface area contributed by atoms with Crippen molar-refractivity contribution in [1.29, 1.82) is 0 Å². The van der Waals surface area contributed by atoms with Gasteiger partial charge in [0.25, 0.3) is 0 Å². The fourth-order valence-electron chi connectivity index (χ4n) is 2.27. The second-order valence-corrected chi connectivity index (χ2v) is 5.00. The summed E-state index contributed by atoms with van der Waals surface area (Å²) in [6, 6.07) is 0. The van der Waals surface area contributed by atoms with Crippen LogP contribution >= 0.6 is 0 Å². The van der Waals surface area contributed by atoms with Gasteiger partial charge in [0.2, 0.25) is 0 Å². The van der Waals surface area contributed by atoms with Crippen molar-refractivity contribution in [3.8, 4) is 0 Å². The summed E-state index contributed by atoms with van der Waals surface area (Å²) >= 11 is 0. The van der Waals surface area contributed by atoms with E-state index in [-0.39, 0.29) is 0 Å². The highest BCUT2D eigenvalue weighted by Crippen LogP contribution is 2.30. The van der Waals surface area contributed by atoms with Gasteiger partial charge >= 0.3 is 0 Å². The molecule has 1 atom stereocenters. The minimum atomic E-state index is 0.881. The van der Waals surface area contributed by atoms with Gasteiger partial charge in [0.1, 0.15) is 0 Å². The molecule has 13 heavy (non-hydrogen) atoms. The van der Waals surface area contributed by atoms with E-state index in [1.807, 2.05) is 0 Å². The lowest BCUT2D eigenvalue weighted by atomic mass is 9.82. The maximum absolute atomic E-state index is 2.37. The van der Waals surface area contributed by atoms with Crippen molar-refractivity contribution in [3.05, 3.63) is 11.1 Å². The first-order chi connectivity index (χ1) is 6.11. The first-order valence-electron chi connectivity index (χ1n) is 5.76. The summed E-state index contributed by atoms with van der Waals surface area (Å²) < 4.78 is 0. The Hall–Kier alpha value is -0.260. The van der Waals surface area contributed by atoms with Crippen molar-refractivity contribution in [3.63, 3.8) is 0 Å². The molecule has 0 spiro atoms. The molecule has 0 saturated heterocycles. The molecule has 0 N–H and O–H groups in total. The Morgan fingerprint density at radius 2 is 1.62 bits per heavy atom. The van der Waals surface area contributed by atoms with Crippen molar-refractivity contribution < 1.29 is 0 Å². The summed E-state index contributed by atoms with van der Waals surface area (Å²) in [4.78, 5) is 0. The third kappa shape index (κ3) is 3.17. The summed E-state index contributed by atoms with van der Waals surface area (Å²) in [5, 5.41) is 0. The van der Waals surface area contributed by atoms with Crippen molar-refractivity contribution in [2.24, 2.45) is 11.8 Å². The molecule has 0 aliphatic heterocycles. The molecule has 0 heteroatoms. The molecule has 1 rings (SSSR count). The van der Waals surface area contributed by atoms with Crippen LogP contribution in [0.1, 0.15) is 59.8 Å². The molecular weight excluding hydrogens is 156 g/mol. The van der Waals surface area contributed by atoms with Crippen LogP contribution in [-0.4, -0.2) is 0 Å². The maximum Gasteiger partial charge on any atom is -0.0318 e.